The Labute approximate surface area is 209 Å². The van der Waals surface area contributed by atoms with Crippen LogP contribution in [0.5, 0.6) is 5.75 Å². The van der Waals surface area contributed by atoms with Crippen molar-refractivity contribution in [1.29, 1.82) is 0 Å². The molecule has 2 N–H and O–H groups in total. The summed E-state index contributed by atoms with van der Waals surface area (Å²) in [6.07, 6.45) is 0.537. The molecule has 0 aliphatic carbocycles. The SMILES string of the molecule is Cc1nc(-c2cccc(F)c2O)n(CCc2ccccc2)c(=O)c1-c1cc(-c2nnc(CO)o2)cs1. The average Bonchev–Trinajstić information content (AvgIpc) is 3.55. The molecule has 0 fully saturated rings. The number of aromatic nitrogens is 4. The van der Waals surface area contributed by atoms with E-state index in [-0.39, 0.29) is 41.9 Å². The van der Waals surface area contributed by atoms with E-state index in [4.69, 9.17) is 4.42 Å². The molecular weight excluding hydrogens is 483 g/mol. The molecule has 0 saturated carbocycles. The maximum atomic E-state index is 14.2. The fourth-order valence-electron chi connectivity index (χ4n) is 3.95. The van der Waals surface area contributed by atoms with E-state index in [0.29, 0.717) is 28.1 Å². The molecule has 8 nitrogen and oxygen atoms in total. The lowest BCUT2D eigenvalue weighted by Gasteiger charge is -2.16. The van der Waals surface area contributed by atoms with Gasteiger partial charge in [0.05, 0.1) is 22.4 Å². The third-order valence-corrected chi connectivity index (χ3v) is 6.69. The first kappa shape index (κ1) is 23.6. The molecule has 0 aliphatic heterocycles. The minimum absolute atomic E-state index is 0.0955. The summed E-state index contributed by atoms with van der Waals surface area (Å²) in [5, 5.41) is 29.1. The molecular formula is C26H21FN4O4S. The second-order valence-electron chi connectivity index (χ2n) is 8.08. The molecule has 182 valence electrons. The number of phenols is 1. The summed E-state index contributed by atoms with van der Waals surface area (Å²) in [4.78, 5) is 19.2. The van der Waals surface area contributed by atoms with E-state index in [1.54, 1.807) is 18.4 Å². The molecule has 10 heteroatoms. The molecule has 3 heterocycles. The maximum absolute atomic E-state index is 14.2. The van der Waals surface area contributed by atoms with Crippen molar-refractivity contribution in [2.75, 3.05) is 0 Å². The third kappa shape index (κ3) is 4.43. The summed E-state index contributed by atoms with van der Waals surface area (Å²) >= 11 is 1.32. The van der Waals surface area contributed by atoms with Gasteiger partial charge < -0.3 is 14.6 Å². The molecule has 0 radical (unpaired) electrons. The first-order valence-electron chi connectivity index (χ1n) is 11.1. The standard InChI is InChI=1S/C26H21FN4O4S/c1-15-22(20-12-17(14-36-20)25-30-29-21(13-32)35-25)26(34)31(11-10-16-6-3-2-4-7-16)24(28-15)18-8-5-9-19(27)23(18)33/h2-9,12,14,32-33H,10-11,13H2,1H3. The van der Waals surface area contributed by atoms with Crippen LogP contribution in [0.25, 0.3) is 33.3 Å². The van der Waals surface area contributed by atoms with Crippen LogP contribution in [0.1, 0.15) is 17.1 Å². The van der Waals surface area contributed by atoms with Gasteiger partial charge in [0.15, 0.2) is 11.6 Å². The molecule has 0 spiro atoms. The lowest BCUT2D eigenvalue weighted by Crippen LogP contribution is -2.27. The molecule has 0 amide bonds. The number of aromatic hydroxyl groups is 1. The maximum Gasteiger partial charge on any atom is 0.262 e. The fourth-order valence-corrected chi connectivity index (χ4v) is 4.92. The van der Waals surface area contributed by atoms with E-state index >= 15 is 0 Å². The van der Waals surface area contributed by atoms with Gasteiger partial charge in [0.1, 0.15) is 12.4 Å². The number of nitrogens with zero attached hydrogens (tertiary/aromatic N) is 4. The van der Waals surface area contributed by atoms with Crippen molar-refractivity contribution >= 4 is 11.3 Å². The lowest BCUT2D eigenvalue weighted by atomic mass is 10.1. The van der Waals surface area contributed by atoms with Gasteiger partial charge in [-0.25, -0.2) is 9.37 Å². The van der Waals surface area contributed by atoms with Crippen molar-refractivity contribution in [1.82, 2.24) is 19.7 Å². The van der Waals surface area contributed by atoms with Gasteiger partial charge >= 0.3 is 0 Å². The molecule has 0 saturated heterocycles. The topological polar surface area (TPSA) is 114 Å². The van der Waals surface area contributed by atoms with Gasteiger partial charge in [0, 0.05) is 16.8 Å². The van der Waals surface area contributed by atoms with Gasteiger partial charge in [-0.2, -0.15) is 0 Å². The Hall–Kier alpha value is -4.15. The van der Waals surface area contributed by atoms with E-state index in [9.17, 15) is 19.4 Å². The number of aliphatic hydroxyl groups excluding tert-OH is 1. The summed E-state index contributed by atoms with van der Waals surface area (Å²) in [7, 11) is 0. The normalized spacial score (nSPS) is 11.2. The highest BCUT2D eigenvalue weighted by atomic mass is 32.1. The second kappa shape index (κ2) is 9.84. The van der Waals surface area contributed by atoms with Crippen LogP contribution < -0.4 is 5.56 Å². The zero-order valence-corrected chi connectivity index (χ0v) is 20.0. The lowest BCUT2D eigenvalue weighted by molar-refractivity contribution is 0.241. The Morgan fingerprint density at radius 3 is 2.67 bits per heavy atom. The van der Waals surface area contributed by atoms with Crippen molar-refractivity contribution in [2.24, 2.45) is 0 Å². The van der Waals surface area contributed by atoms with Crippen molar-refractivity contribution in [3.8, 4) is 39.0 Å². The zero-order chi connectivity index (χ0) is 25.2. The highest BCUT2D eigenvalue weighted by Gasteiger charge is 2.22. The van der Waals surface area contributed by atoms with Crippen LogP contribution in [0.15, 0.2) is 69.2 Å². The van der Waals surface area contributed by atoms with E-state index in [2.05, 4.69) is 15.2 Å². The first-order chi connectivity index (χ1) is 17.5. The predicted molar refractivity (Wildman–Crippen MR) is 133 cm³/mol. The van der Waals surface area contributed by atoms with Crippen LogP contribution in [0.3, 0.4) is 0 Å². The highest BCUT2D eigenvalue weighted by Crippen LogP contribution is 2.34. The van der Waals surface area contributed by atoms with Crippen molar-refractivity contribution in [3.05, 3.63) is 93.3 Å². The number of para-hydroxylation sites is 1. The minimum atomic E-state index is -0.789. The Morgan fingerprint density at radius 2 is 1.92 bits per heavy atom. The molecule has 5 aromatic rings. The van der Waals surface area contributed by atoms with Gasteiger partial charge in [-0.05, 0) is 37.1 Å². The summed E-state index contributed by atoms with van der Waals surface area (Å²) in [5.41, 5.74) is 2.29. The summed E-state index contributed by atoms with van der Waals surface area (Å²) in [6, 6.07) is 15.6. The number of aliphatic hydroxyl groups is 1. The zero-order valence-electron chi connectivity index (χ0n) is 19.2. The quantitative estimate of drug-likeness (QED) is 0.334. The van der Waals surface area contributed by atoms with Crippen molar-refractivity contribution in [3.63, 3.8) is 0 Å². The Morgan fingerprint density at radius 1 is 1.11 bits per heavy atom. The largest absolute Gasteiger partial charge is 0.504 e. The number of benzene rings is 2. The fraction of sp³-hybridized carbons (Fsp3) is 0.154. The molecule has 0 atom stereocenters. The number of hydrogen-bond donors (Lipinski definition) is 2. The van der Waals surface area contributed by atoms with Crippen molar-refractivity contribution < 1.29 is 19.0 Å². The molecule has 0 aliphatic rings. The van der Waals surface area contributed by atoms with Gasteiger partial charge in [0.2, 0.25) is 11.8 Å². The van der Waals surface area contributed by atoms with Crippen LogP contribution in [0.2, 0.25) is 0 Å². The first-order valence-corrected chi connectivity index (χ1v) is 12.0. The number of phenolic OH excluding ortho intramolecular Hbond substituents is 1. The van der Waals surface area contributed by atoms with Crippen LogP contribution >= 0.6 is 11.3 Å². The van der Waals surface area contributed by atoms with E-state index in [1.807, 2.05) is 30.3 Å². The molecule has 5 rings (SSSR count). The monoisotopic (exact) mass is 504 g/mol. The number of rotatable bonds is 7. The summed E-state index contributed by atoms with van der Waals surface area (Å²) in [5.74, 6) is -0.825. The summed E-state index contributed by atoms with van der Waals surface area (Å²) in [6.45, 7) is 1.61. The van der Waals surface area contributed by atoms with E-state index < -0.39 is 11.6 Å². The van der Waals surface area contributed by atoms with Crippen molar-refractivity contribution in [2.45, 2.75) is 26.5 Å². The van der Waals surface area contributed by atoms with Crippen LogP contribution in [0, 0.1) is 12.7 Å². The average molecular weight is 505 g/mol. The Kier molecular flexibility index (Phi) is 6.45. The van der Waals surface area contributed by atoms with Gasteiger partial charge in [-0.3, -0.25) is 9.36 Å². The molecule has 3 aromatic heterocycles. The van der Waals surface area contributed by atoms with E-state index in [0.717, 1.165) is 11.6 Å². The van der Waals surface area contributed by atoms with Gasteiger partial charge in [-0.15, -0.1) is 21.5 Å². The minimum Gasteiger partial charge on any atom is -0.504 e. The van der Waals surface area contributed by atoms with Gasteiger partial charge in [0.25, 0.3) is 5.56 Å². The smallest absolute Gasteiger partial charge is 0.262 e. The van der Waals surface area contributed by atoms with Crippen LogP contribution in [-0.2, 0) is 19.6 Å². The Balaban J connectivity index is 1.63. The molecule has 2 aromatic carbocycles. The Bertz CT molecular complexity index is 1590. The molecule has 36 heavy (non-hydrogen) atoms. The molecule has 0 unspecified atom stereocenters. The number of halogens is 1. The number of aryl methyl sites for hydroxylation is 2. The van der Waals surface area contributed by atoms with Crippen LogP contribution in [0.4, 0.5) is 4.39 Å². The second-order valence-corrected chi connectivity index (χ2v) is 8.99. The third-order valence-electron chi connectivity index (χ3n) is 5.74. The molecule has 0 bridgehead atoms. The van der Waals surface area contributed by atoms with Gasteiger partial charge in [-0.1, -0.05) is 36.4 Å². The van der Waals surface area contributed by atoms with E-state index in [1.165, 1.54) is 28.0 Å². The number of thiophene rings is 1. The predicted octanol–water partition coefficient (Wildman–Crippen LogP) is 4.58. The summed E-state index contributed by atoms with van der Waals surface area (Å²) < 4.78 is 21.1. The highest BCUT2D eigenvalue weighted by molar-refractivity contribution is 7.14. The number of hydrogen-bond acceptors (Lipinski definition) is 8. The van der Waals surface area contributed by atoms with Crippen LogP contribution in [-0.4, -0.2) is 30.0 Å².